The average Bonchev–Trinajstić information content (AvgIpc) is 2.87. The minimum absolute atomic E-state index is 0.0273. The summed E-state index contributed by atoms with van der Waals surface area (Å²) < 4.78 is 22.5. The lowest BCUT2D eigenvalue weighted by Crippen LogP contribution is -2.19. The molecule has 0 unspecified atom stereocenters. The van der Waals surface area contributed by atoms with Gasteiger partial charge in [-0.1, -0.05) is 30.3 Å². The van der Waals surface area contributed by atoms with Gasteiger partial charge in [-0.3, -0.25) is 4.79 Å². The first-order chi connectivity index (χ1) is 11.4. The number of hydrogen-bond donors (Lipinski definition) is 2. The molecule has 6 nitrogen and oxygen atoms in total. The number of thioether (sulfide) groups is 1. The molecule has 1 amide bonds. The number of rotatable bonds is 3. The van der Waals surface area contributed by atoms with E-state index in [2.05, 4.69) is 10.3 Å². The van der Waals surface area contributed by atoms with Crippen LogP contribution in [0.25, 0.3) is 6.08 Å². The molecule has 1 saturated heterocycles. The van der Waals surface area contributed by atoms with E-state index in [9.17, 15) is 13.2 Å². The topological polar surface area (TPSA) is 102 Å². The van der Waals surface area contributed by atoms with Crippen LogP contribution in [0.5, 0.6) is 0 Å². The number of nitrogens with zero attached hydrogens (tertiary/aromatic N) is 1. The monoisotopic (exact) mass is 359 g/mol. The Kier molecular flexibility index (Phi) is 4.52. The highest BCUT2D eigenvalue weighted by Gasteiger charge is 2.23. The molecule has 0 bridgehead atoms. The number of carbonyl (C=O) groups excluding carboxylic acids is 1. The molecule has 0 saturated carbocycles. The van der Waals surface area contributed by atoms with Gasteiger partial charge in [0.25, 0.3) is 5.91 Å². The predicted octanol–water partition coefficient (Wildman–Crippen LogP) is 2.23. The summed E-state index contributed by atoms with van der Waals surface area (Å²) in [6.07, 6.45) is 1.67. The first-order valence-corrected chi connectivity index (χ1v) is 9.25. The second-order valence-electron chi connectivity index (χ2n) is 4.93. The quantitative estimate of drug-likeness (QED) is 0.820. The third-order valence-corrected chi connectivity index (χ3v) is 4.98. The maximum absolute atomic E-state index is 12.0. The van der Waals surface area contributed by atoms with Crippen molar-refractivity contribution in [3.63, 3.8) is 0 Å². The van der Waals surface area contributed by atoms with E-state index in [-0.39, 0.29) is 10.8 Å². The molecule has 2 aromatic carbocycles. The first-order valence-electron chi connectivity index (χ1n) is 6.89. The number of amidine groups is 1. The summed E-state index contributed by atoms with van der Waals surface area (Å²) >= 11 is 1.23. The van der Waals surface area contributed by atoms with E-state index in [1.54, 1.807) is 18.2 Å². The Balaban J connectivity index is 1.81. The number of aliphatic imine (C=N–C) groups is 1. The number of nitrogens with two attached hydrogens (primary N) is 1. The van der Waals surface area contributed by atoms with Gasteiger partial charge in [0, 0.05) is 0 Å². The molecule has 1 aliphatic heterocycles. The van der Waals surface area contributed by atoms with Crippen molar-refractivity contribution in [1.82, 2.24) is 5.32 Å². The maximum atomic E-state index is 12.0. The molecule has 0 radical (unpaired) electrons. The standard InChI is InChI=1S/C16H13N3O3S2/c17-24(21,22)13-8-6-11(7-9-13)10-14-15(20)19-16(23-14)18-12-4-2-1-3-5-12/h1-10H,(H2,17,21,22)(H,18,19,20)/b14-10-. The van der Waals surface area contributed by atoms with Crippen LogP contribution in [-0.4, -0.2) is 19.5 Å². The summed E-state index contributed by atoms with van der Waals surface area (Å²) in [6, 6.07) is 15.3. The number of carbonyl (C=O) groups is 1. The molecule has 1 aliphatic rings. The molecule has 1 heterocycles. The molecule has 0 spiro atoms. The van der Waals surface area contributed by atoms with Gasteiger partial charge in [-0.15, -0.1) is 0 Å². The van der Waals surface area contributed by atoms with Crippen molar-refractivity contribution >= 4 is 44.6 Å². The Morgan fingerprint density at radius 3 is 2.33 bits per heavy atom. The molecular formula is C16H13N3O3S2. The van der Waals surface area contributed by atoms with Gasteiger partial charge in [-0.2, -0.15) is 0 Å². The first kappa shape index (κ1) is 16.4. The molecule has 122 valence electrons. The highest BCUT2D eigenvalue weighted by Crippen LogP contribution is 2.28. The molecule has 8 heteroatoms. The van der Waals surface area contributed by atoms with E-state index in [1.807, 2.05) is 30.3 Å². The fraction of sp³-hybridized carbons (Fsp3) is 0. The van der Waals surface area contributed by atoms with Gasteiger partial charge in [0.2, 0.25) is 10.0 Å². The zero-order valence-corrected chi connectivity index (χ0v) is 14.0. The van der Waals surface area contributed by atoms with Crippen LogP contribution in [0.4, 0.5) is 5.69 Å². The highest BCUT2D eigenvalue weighted by atomic mass is 32.2. The van der Waals surface area contributed by atoms with Gasteiger partial charge in [-0.25, -0.2) is 18.5 Å². The molecule has 0 aliphatic carbocycles. The van der Waals surface area contributed by atoms with Crippen molar-refractivity contribution in [2.45, 2.75) is 4.90 Å². The van der Waals surface area contributed by atoms with Gasteiger partial charge in [-0.05, 0) is 47.7 Å². The molecule has 0 atom stereocenters. The van der Waals surface area contributed by atoms with Crippen molar-refractivity contribution in [1.29, 1.82) is 0 Å². The van der Waals surface area contributed by atoms with Crippen molar-refractivity contribution < 1.29 is 13.2 Å². The third-order valence-electron chi connectivity index (χ3n) is 3.14. The van der Waals surface area contributed by atoms with Crippen molar-refractivity contribution in [3.8, 4) is 0 Å². The number of hydrogen-bond acceptors (Lipinski definition) is 5. The summed E-state index contributed by atoms with van der Waals surface area (Å²) in [7, 11) is -3.73. The lowest BCUT2D eigenvalue weighted by molar-refractivity contribution is -0.115. The smallest absolute Gasteiger partial charge is 0.264 e. The van der Waals surface area contributed by atoms with Crippen LogP contribution in [0, 0.1) is 0 Å². The van der Waals surface area contributed by atoms with E-state index in [1.165, 1.54) is 23.9 Å². The number of amides is 1. The van der Waals surface area contributed by atoms with E-state index in [0.717, 1.165) is 5.69 Å². The minimum atomic E-state index is -3.73. The number of primary sulfonamides is 1. The van der Waals surface area contributed by atoms with Crippen LogP contribution in [-0.2, 0) is 14.8 Å². The number of sulfonamides is 1. The fourth-order valence-electron chi connectivity index (χ4n) is 2.01. The van der Waals surface area contributed by atoms with Gasteiger partial charge in [0.05, 0.1) is 15.5 Å². The van der Waals surface area contributed by atoms with Gasteiger partial charge >= 0.3 is 0 Å². The van der Waals surface area contributed by atoms with Crippen molar-refractivity contribution in [2.75, 3.05) is 0 Å². The Morgan fingerprint density at radius 1 is 1.04 bits per heavy atom. The SMILES string of the molecule is NS(=O)(=O)c1ccc(/C=C2\SC(=Nc3ccccc3)NC2=O)cc1. The summed E-state index contributed by atoms with van der Waals surface area (Å²) in [5, 5.41) is 8.25. The third kappa shape index (κ3) is 3.91. The van der Waals surface area contributed by atoms with Gasteiger partial charge in [0.15, 0.2) is 5.17 Å². The molecule has 3 N–H and O–H groups in total. The van der Waals surface area contributed by atoms with E-state index >= 15 is 0 Å². The number of para-hydroxylation sites is 1. The van der Waals surface area contributed by atoms with Gasteiger partial charge in [0.1, 0.15) is 0 Å². The summed E-state index contributed by atoms with van der Waals surface area (Å²) in [5.74, 6) is -0.245. The van der Waals surface area contributed by atoms with Gasteiger partial charge < -0.3 is 5.32 Å². The minimum Gasteiger partial charge on any atom is -0.300 e. The highest BCUT2D eigenvalue weighted by molar-refractivity contribution is 8.18. The zero-order chi connectivity index (χ0) is 17.2. The summed E-state index contributed by atoms with van der Waals surface area (Å²) in [4.78, 5) is 16.9. The van der Waals surface area contributed by atoms with E-state index < -0.39 is 10.0 Å². The van der Waals surface area contributed by atoms with Crippen molar-refractivity contribution in [2.24, 2.45) is 10.1 Å². The Bertz CT molecular complexity index is 934. The second kappa shape index (κ2) is 6.60. The lowest BCUT2D eigenvalue weighted by atomic mass is 10.2. The Hall–Kier alpha value is -2.42. The number of benzene rings is 2. The molecule has 2 aromatic rings. The molecule has 3 rings (SSSR count). The zero-order valence-electron chi connectivity index (χ0n) is 12.3. The Morgan fingerprint density at radius 2 is 1.71 bits per heavy atom. The molecule has 24 heavy (non-hydrogen) atoms. The van der Waals surface area contributed by atoms with Crippen LogP contribution in [0.2, 0.25) is 0 Å². The average molecular weight is 359 g/mol. The predicted molar refractivity (Wildman–Crippen MR) is 95.1 cm³/mol. The fourth-order valence-corrected chi connectivity index (χ4v) is 3.36. The molecule has 1 fully saturated rings. The number of nitrogens with one attached hydrogen (secondary N) is 1. The summed E-state index contributed by atoms with van der Waals surface area (Å²) in [5.41, 5.74) is 1.44. The van der Waals surface area contributed by atoms with Crippen LogP contribution >= 0.6 is 11.8 Å². The van der Waals surface area contributed by atoms with E-state index in [0.29, 0.717) is 15.6 Å². The van der Waals surface area contributed by atoms with Crippen LogP contribution in [0.3, 0.4) is 0 Å². The summed E-state index contributed by atoms with van der Waals surface area (Å²) in [6.45, 7) is 0. The van der Waals surface area contributed by atoms with Crippen molar-refractivity contribution in [3.05, 3.63) is 65.1 Å². The molecule has 0 aromatic heterocycles. The lowest BCUT2D eigenvalue weighted by Gasteiger charge is -1.99. The largest absolute Gasteiger partial charge is 0.300 e. The Labute approximate surface area is 143 Å². The molecular weight excluding hydrogens is 346 g/mol. The van der Waals surface area contributed by atoms with E-state index in [4.69, 9.17) is 5.14 Å². The van der Waals surface area contributed by atoms with Crippen LogP contribution in [0.15, 0.2) is 69.4 Å². The second-order valence-corrected chi connectivity index (χ2v) is 7.52. The van der Waals surface area contributed by atoms with Crippen LogP contribution in [0.1, 0.15) is 5.56 Å². The normalized spacial score (nSPS) is 18.1. The van der Waals surface area contributed by atoms with Crippen LogP contribution < -0.4 is 10.5 Å². The maximum Gasteiger partial charge on any atom is 0.264 e.